The number of hydrogen-bond acceptors (Lipinski definition) is 0. The van der Waals surface area contributed by atoms with Gasteiger partial charge in [-0.1, -0.05) is 74.7 Å². The summed E-state index contributed by atoms with van der Waals surface area (Å²) in [6.45, 7) is 3.37. The van der Waals surface area contributed by atoms with Crippen molar-refractivity contribution in [2.24, 2.45) is 0 Å². The highest BCUT2D eigenvalue weighted by Crippen LogP contribution is 2.14. The predicted octanol–water partition coefficient (Wildman–Crippen LogP) is 5.33. The molecule has 0 unspecified atom stereocenters. The van der Waals surface area contributed by atoms with E-state index in [0.29, 0.717) is 0 Å². The average molecular weight is 333 g/mol. The van der Waals surface area contributed by atoms with Gasteiger partial charge in [-0.15, -0.1) is 0 Å². The lowest BCUT2D eigenvalue weighted by Crippen LogP contribution is -2.37. The molecule has 25 heavy (non-hydrogen) atoms. The summed E-state index contributed by atoms with van der Waals surface area (Å²) in [4.78, 5) is 0. The Morgan fingerprint density at radius 3 is 2.20 bits per heavy atom. The van der Waals surface area contributed by atoms with Crippen LogP contribution in [0.3, 0.4) is 0 Å². The van der Waals surface area contributed by atoms with E-state index in [4.69, 9.17) is 0 Å². The zero-order valence-corrected chi connectivity index (χ0v) is 15.3. The predicted molar refractivity (Wildman–Crippen MR) is 104 cm³/mol. The van der Waals surface area contributed by atoms with E-state index in [1.54, 1.807) is 0 Å². The molecule has 0 aliphatic rings. The van der Waals surface area contributed by atoms with E-state index < -0.39 is 0 Å². The summed E-state index contributed by atoms with van der Waals surface area (Å²) in [7, 11) is 0. The zero-order chi connectivity index (χ0) is 17.3. The standard InChI is InChI=1S/C23H29N2/c1-2-3-4-5-12-17-24-18-19-25(22-15-10-7-11-16-22)23(24)20-21-13-8-6-9-14-21/h6-11,13-16,18-19H,2-5,12,17,20H2,1H3/q+1. The summed E-state index contributed by atoms with van der Waals surface area (Å²) in [5.74, 6) is 1.35. The first-order chi connectivity index (χ1) is 12.4. The molecule has 3 rings (SSSR count). The zero-order valence-electron chi connectivity index (χ0n) is 15.3. The van der Waals surface area contributed by atoms with Gasteiger partial charge in [0.2, 0.25) is 0 Å². The molecule has 130 valence electrons. The molecule has 1 heterocycles. The number of unbranched alkanes of at least 4 members (excludes halogenated alkanes) is 4. The number of aryl methyl sites for hydroxylation is 1. The van der Waals surface area contributed by atoms with Crippen molar-refractivity contribution in [1.82, 2.24) is 4.57 Å². The number of benzene rings is 2. The van der Waals surface area contributed by atoms with E-state index in [1.807, 2.05) is 0 Å². The molecule has 3 aromatic rings. The Balaban J connectivity index is 1.81. The van der Waals surface area contributed by atoms with Gasteiger partial charge in [-0.05, 0) is 30.5 Å². The maximum absolute atomic E-state index is 2.44. The molecule has 0 bridgehead atoms. The smallest absolute Gasteiger partial charge is 0.234 e. The molecule has 2 aromatic carbocycles. The quantitative estimate of drug-likeness (QED) is 0.370. The van der Waals surface area contributed by atoms with E-state index >= 15 is 0 Å². The Morgan fingerprint density at radius 1 is 0.800 bits per heavy atom. The lowest BCUT2D eigenvalue weighted by atomic mass is 10.1. The van der Waals surface area contributed by atoms with Crippen molar-refractivity contribution in [3.8, 4) is 5.69 Å². The van der Waals surface area contributed by atoms with Crippen molar-refractivity contribution < 1.29 is 4.57 Å². The fraction of sp³-hybridized carbons (Fsp3) is 0.348. The Hall–Kier alpha value is -2.35. The first-order valence-corrected chi connectivity index (χ1v) is 9.57. The Kier molecular flexibility index (Phi) is 6.44. The topological polar surface area (TPSA) is 8.81 Å². The van der Waals surface area contributed by atoms with Crippen LogP contribution in [0, 0.1) is 0 Å². The van der Waals surface area contributed by atoms with Gasteiger partial charge in [0.05, 0.1) is 13.0 Å². The first kappa shape index (κ1) is 17.5. The van der Waals surface area contributed by atoms with Crippen molar-refractivity contribution in [2.75, 3.05) is 0 Å². The molecule has 0 spiro atoms. The summed E-state index contributed by atoms with van der Waals surface area (Å²) < 4.78 is 4.77. The second-order valence-electron chi connectivity index (χ2n) is 6.69. The minimum atomic E-state index is 0.956. The van der Waals surface area contributed by atoms with Gasteiger partial charge in [0.25, 0.3) is 5.82 Å². The van der Waals surface area contributed by atoms with Crippen LogP contribution < -0.4 is 4.57 Å². The highest BCUT2D eigenvalue weighted by molar-refractivity contribution is 5.33. The molecule has 0 fully saturated rings. The SMILES string of the molecule is CCCCCCC[n+]1ccn(-c2ccccc2)c1Cc1ccccc1. The van der Waals surface area contributed by atoms with Gasteiger partial charge in [-0.25, -0.2) is 4.57 Å². The number of rotatable bonds is 9. The maximum atomic E-state index is 2.44. The molecule has 0 amide bonds. The maximum Gasteiger partial charge on any atom is 0.266 e. The highest BCUT2D eigenvalue weighted by atomic mass is 15.1. The second kappa shape index (κ2) is 9.22. The molecule has 0 atom stereocenters. The van der Waals surface area contributed by atoms with E-state index in [-0.39, 0.29) is 0 Å². The molecule has 0 saturated heterocycles. The molecule has 0 aliphatic heterocycles. The van der Waals surface area contributed by atoms with Crippen molar-refractivity contribution in [1.29, 1.82) is 0 Å². The Morgan fingerprint density at radius 2 is 1.48 bits per heavy atom. The third-order valence-electron chi connectivity index (χ3n) is 4.75. The van der Waals surface area contributed by atoms with E-state index in [2.05, 4.69) is 89.1 Å². The fourth-order valence-electron chi connectivity index (χ4n) is 3.34. The molecule has 1 aromatic heterocycles. The van der Waals surface area contributed by atoms with Crippen LogP contribution in [0.4, 0.5) is 0 Å². The first-order valence-electron chi connectivity index (χ1n) is 9.57. The van der Waals surface area contributed by atoms with Crippen molar-refractivity contribution >= 4 is 0 Å². The summed E-state index contributed by atoms with van der Waals surface area (Å²) >= 11 is 0. The third-order valence-corrected chi connectivity index (χ3v) is 4.75. The van der Waals surface area contributed by atoms with E-state index in [1.165, 1.54) is 49.2 Å². The monoisotopic (exact) mass is 333 g/mol. The molecule has 2 heteroatoms. The van der Waals surface area contributed by atoms with Crippen LogP contribution in [-0.4, -0.2) is 4.57 Å². The molecular weight excluding hydrogens is 304 g/mol. The van der Waals surface area contributed by atoms with Crippen LogP contribution >= 0.6 is 0 Å². The molecule has 0 aliphatic carbocycles. The summed E-state index contributed by atoms with van der Waals surface area (Å²) in [6.07, 6.45) is 12.0. The fourth-order valence-corrected chi connectivity index (χ4v) is 3.34. The van der Waals surface area contributed by atoms with Gasteiger partial charge in [0, 0.05) is 0 Å². The van der Waals surface area contributed by atoms with E-state index in [9.17, 15) is 0 Å². The lowest BCUT2D eigenvalue weighted by molar-refractivity contribution is -0.703. The van der Waals surface area contributed by atoms with Gasteiger partial charge >= 0.3 is 0 Å². The summed E-state index contributed by atoms with van der Waals surface area (Å²) in [5, 5.41) is 0. The number of nitrogens with zero attached hydrogens (tertiary/aromatic N) is 2. The van der Waals surface area contributed by atoms with Crippen LogP contribution in [-0.2, 0) is 13.0 Å². The average Bonchev–Trinajstić information content (AvgIpc) is 3.06. The van der Waals surface area contributed by atoms with Gasteiger partial charge in [0.15, 0.2) is 0 Å². The molecule has 0 saturated carbocycles. The van der Waals surface area contributed by atoms with Gasteiger partial charge in [-0.2, -0.15) is 4.57 Å². The van der Waals surface area contributed by atoms with Crippen molar-refractivity contribution in [3.63, 3.8) is 0 Å². The normalized spacial score (nSPS) is 10.9. The number of imidazole rings is 1. The number of hydrogen-bond donors (Lipinski definition) is 0. The lowest BCUT2D eigenvalue weighted by Gasteiger charge is -2.06. The molecule has 2 nitrogen and oxygen atoms in total. The van der Waals surface area contributed by atoms with Gasteiger partial charge in [0.1, 0.15) is 18.1 Å². The van der Waals surface area contributed by atoms with Gasteiger partial charge < -0.3 is 0 Å². The second-order valence-corrected chi connectivity index (χ2v) is 6.69. The van der Waals surface area contributed by atoms with Gasteiger partial charge in [-0.3, -0.25) is 0 Å². The minimum Gasteiger partial charge on any atom is -0.234 e. The van der Waals surface area contributed by atoms with Crippen LogP contribution in [0.1, 0.15) is 50.4 Å². The van der Waals surface area contributed by atoms with Crippen molar-refractivity contribution in [2.45, 2.75) is 52.0 Å². The van der Waals surface area contributed by atoms with Crippen LogP contribution in [0.25, 0.3) is 5.69 Å². The minimum absolute atomic E-state index is 0.956. The Labute approximate surface area is 151 Å². The Bertz CT molecular complexity index is 744. The highest BCUT2D eigenvalue weighted by Gasteiger charge is 2.18. The summed E-state index contributed by atoms with van der Waals surface area (Å²) in [5.41, 5.74) is 2.59. The van der Waals surface area contributed by atoms with Crippen molar-refractivity contribution in [3.05, 3.63) is 84.4 Å². The number of aromatic nitrogens is 2. The summed E-state index contributed by atoms with van der Waals surface area (Å²) in [6, 6.07) is 21.4. The van der Waals surface area contributed by atoms with Crippen LogP contribution in [0.5, 0.6) is 0 Å². The van der Waals surface area contributed by atoms with Crippen LogP contribution in [0.2, 0.25) is 0 Å². The molecule has 0 radical (unpaired) electrons. The number of para-hydroxylation sites is 1. The van der Waals surface area contributed by atoms with E-state index in [0.717, 1.165) is 13.0 Å². The van der Waals surface area contributed by atoms with Crippen LogP contribution in [0.15, 0.2) is 73.1 Å². The third kappa shape index (κ3) is 4.82. The molecule has 0 N–H and O–H groups in total. The largest absolute Gasteiger partial charge is 0.266 e. The molecular formula is C23H29N2+.